The average Bonchev–Trinajstić information content (AvgIpc) is 2.27. The van der Waals surface area contributed by atoms with Gasteiger partial charge in [0, 0.05) is 18.2 Å². The third kappa shape index (κ3) is 3.44. The van der Waals surface area contributed by atoms with Gasteiger partial charge in [-0.25, -0.2) is 17.5 Å². The molecule has 0 saturated carbocycles. The molecule has 1 N–H and O–H groups in total. The Kier molecular flexibility index (Phi) is 4.53. The Morgan fingerprint density at radius 2 is 1.95 bits per heavy atom. The van der Waals surface area contributed by atoms with Gasteiger partial charge in [0.1, 0.15) is 10.7 Å². The SMILES string of the molecule is CCC(C)NS(=O)(=O)c1cc([N+](=O)[O-])c(F)cc1F. The molecule has 0 aliphatic heterocycles. The van der Waals surface area contributed by atoms with Crippen LogP contribution in [0, 0.1) is 21.7 Å². The van der Waals surface area contributed by atoms with Crippen LogP contribution in [0.1, 0.15) is 20.3 Å². The summed E-state index contributed by atoms with van der Waals surface area (Å²) in [6.07, 6.45) is 0.449. The lowest BCUT2D eigenvalue weighted by molar-refractivity contribution is -0.387. The van der Waals surface area contributed by atoms with Gasteiger partial charge in [-0.15, -0.1) is 0 Å². The molecule has 1 atom stereocenters. The number of hydrogen-bond donors (Lipinski definition) is 1. The zero-order chi connectivity index (χ0) is 14.8. The molecule has 1 aromatic carbocycles. The lowest BCUT2D eigenvalue weighted by Crippen LogP contribution is -2.32. The lowest BCUT2D eigenvalue weighted by atomic mass is 10.3. The summed E-state index contributed by atoms with van der Waals surface area (Å²) in [4.78, 5) is 8.46. The van der Waals surface area contributed by atoms with Gasteiger partial charge in [-0.2, -0.15) is 4.39 Å². The molecule has 0 saturated heterocycles. The average molecular weight is 294 g/mol. The summed E-state index contributed by atoms with van der Waals surface area (Å²) < 4.78 is 52.3. The first-order chi connectivity index (χ1) is 8.69. The van der Waals surface area contributed by atoms with Gasteiger partial charge in [-0.05, 0) is 13.3 Å². The second kappa shape index (κ2) is 5.57. The summed E-state index contributed by atoms with van der Waals surface area (Å²) in [5, 5.41) is 10.5. The number of hydrogen-bond acceptors (Lipinski definition) is 4. The molecule has 1 rings (SSSR count). The minimum atomic E-state index is -4.27. The third-order valence-electron chi connectivity index (χ3n) is 2.46. The third-order valence-corrected chi connectivity index (χ3v) is 4.06. The number of rotatable bonds is 5. The molecule has 0 fully saturated rings. The van der Waals surface area contributed by atoms with Crippen LogP contribution in [-0.4, -0.2) is 19.4 Å². The van der Waals surface area contributed by atoms with E-state index in [0.717, 1.165) is 0 Å². The van der Waals surface area contributed by atoms with Gasteiger partial charge in [0.05, 0.1) is 4.92 Å². The molecule has 0 heterocycles. The fraction of sp³-hybridized carbons (Fsp3) is 0.400. The maximum atomic E-state index is 13.5. The van der Waals surface area contributed by atoms with E-state index < -0.39 is 43.2 Å². The van der Waals surface area contributed by atoms with Crippen LogP contribution in [0.25, 0.3) is 0 Å². The predicted octanol–water partition coefficient (Wildman–Crippen LogP) is 1.95. The monoisotopic (exact) mass is 294 g/mol. The highest BCUT2D eigenvalue weighted by Crippen LogP contribution is 2.24. The van der Waals surface area contributed by atoms with Crippen molar-refractivity contribution >= 4 is 15.7 Å². The molecular weight excluding hydrogens is 282 g/mol. The van der Waals surface area contributed by atoms with E-state index in [1.165, 1.54) is 0 Å². The summed E-state index contributed by atoms with van der Waals surface area (Å²) in [5.41, 5.74) is -1.09. The molecule has 0 aromatic heterocycles. The van der Waals surface area contributed by atoms with Crippen molar-refractivity contribution in [2.24, 2.45) is 0 Å². The van der Waals surface area contributed by atoms with Crippen LogP contribution >= 0.6 is 0 Å². The smallest absolute Gasteiger partial charge is 0.258 e. The van der Waals surface area contributed by atoms with Gasteiger partial charge in [0.15, 0.2) is 0 Å². The number of nitrogens with one attached hydrogen (secondary N) is 1. The summed E-state index contributed by atoms with van der Waals surface area (Å²) in [5.74, 6) is -2.80. The number of nitro benzene ring substituents is 1. The highest BCUT2D eigenvalue weighted by molar-refractivity contribution is 7.89. The van der Waals surface area contributed by atoms with Crippen molar-refractivity contribution in [2.75, 3.05) is 0 Å². The van der Waals surface area contributed by atoms with E-state index >= 15 is 0 Å². The molecule has 1 aromatic rings. The highest BCUT2D eigenvalue weighted by Gasteiger charge is 2.27. The molecular formula is C10H12F2N2O4S. The topological polar surface area (TPSA) is 89.3 Å². The molecule has 1 unspecified atom stereocenters. The molecule has 0 aliphatic rings. The lowest BCUT2D eigenvalue weighted by Gasteiger charge is -2.12. The number of benzene rings is 1. The van der Waals surface area contributed by atoms with Gasteiger partial charge in [-0.1, -0.05) is 6.92 Å². The predicted molar refractivity (Wildman–Crippen MR) is 63.1 cm³/mol. The Morgan fingerprint density at radius 3 is 2.42 bits per heavy atom. The second-order valence-electron chi connectivity index (χ2n) is 3.92. The van der Waals surface area contributed by atoms with E-state index in [1.807, 2.05) is 0 Å². The molecule has 106 valence electrons. The van der Waals surface area contributed by atoms with Crippen LogP contribution in [0.5, 0.6) is 0 Å². The first-order valence-corrected chi connectivity index (χ1v) is 6.83. The molecule has 0 bridgehead atoms. The maximum absolute atomic E-state index is 13.5. The number of nitro groups is 1. The Bertz CT molecular complexity index is 604. The van der Waals surface area contributed by atoms with E-state index in [0.29, 0.717) is 12.5 Å². The van der Waals surface area contributed by atoms with E-state index in [4.69, 9.17) is 0 Å². The van der Waals surface area contributed by atoms with Gasteiger partial charge in [-0.3, -0.25) is 10.1 Å². The van der Waals surface area contributed by atoms with Crippen molar-refractivity contribution in [1.82, 2.24) is 4.72 Å². The number of sulfonamides is 1. The zero-order valence-electron chi connectivity index (χ0n) is 10.2. The summed E-state index contributed by atoms with van der Waals surface area (Å²) in [6.45, 7) is 3.25. The van der Waals surface area contributed by atoms with Gasteiger partial charge in [0.2, 0.25) is 15.8 Å². The Balaban J connectivity index is 3.34. The van der Waals surface area contributed by atoms with Crippen LogP contribution in [0.2, 0.25) is 0 Å². The zero-order valence-corrected chi connectivity index (χ0v) is 11.0. The van der Waals surface area contributed by atoms with Crippen molar-refractivity contribution < 1.29 is 22.1 Å². The Morgan fingerprint density at radius 1 is 1.37 bits per heavy atom. The van der Waals surface area contributed by atoms with Crippen molar-refractivity contribution in [2.45, 2.75) is 31.2 Å². The van der Waals surface area contributed by atoms with E-state index in [-0.39, 0.29) is 6.07 Å². The van der Waals surface area contributed by atoms with Crippen molar-refractivity contribution in [3.8, 4) is 0 Å². The first kappa shape index (κ1) is 15.4. The van der Waals surface area contributed by atoms with Crippen LogP contribution < -0.4 is 4.72 Å². The minimum Gasteiger partial charge on any atom is -0.258 e. The van der Waals surface area contributed by atoms with Crippen LogP contribution in [-0.2, 0) is 10.0 Å². The van der Waals surface area contributed by atoms with Gasteiger partial charge < -0.3 is 0 Å². The van der Waals surface area contributed by atoms with E-state index in [2.05, 4.69) is 4.72 Å². The molecule has 0 radical (unpaired) electrons. The second-order valence-corrected chi connectivity index (χ2v) is 5.60. The van der Waals surface area contributed by atoms with Crippen molar-refractivity contribution in [3.05, 3.63) is 33.9 Å². The minimum absolute atomic E-state index is 0.184. The van der Waals surface area contributed by atoms with Crippen molar-refractivity contribution in [3.63, 3.8) is 0 Å². The fourth-order valence-electron chi connectivity index (χ4n) is 1.28. The van der Waals surface area contributed by atoms with Crippen molar-refractivity contribution in [1.29, 1.82) is 0 Å². The molecule has 19 heavy (non-hydrogen) atoms. The maximum Gasteiger partial charge on any atom is 0.306 e. The standard InChI is InChI=1S/C10H12F2N2O4S/c1-3-6(2)13-19(17,18)10-5-9(14(15)16)7(11)4-8(10)12/h4-6,13H,3H2,1-2H3. The first-order valence-electron chi connectivity index (χ1n) is 5.34. The Hall–Kier alpha value is -1.61. The normalized spacial score (nSPS) is 13.3. The molecule has 6 nitrogen and oxygen atoms in total. The molecule has 0 amide bonds. The van der Waals surface area contributed by atoms with E-state index in [9.17, 15) is 27.3 Å². The highest BCUT2D eigenvalue weighted by atomic mass is 32.2. The van der Waals surface area contributed by atoms with Crippen LogP contribution in [0.4, 0.5) is 14.5 Å². The fourth-order valence-corrected chi connectivity index (χ4v) is 2.68. The number of nitrogens with zero attached hydrogens (tertiary/aromatic N) is 1. The number of halogens is 2. The quantitative estimate of drug-likeness (QED) is 0.664. The van der Waals surface area contributed by atoms with Crippen LogP contribution in [0.15, 0.2) is 17.0 Å². The van der Waals surface area contributed by atoms with Crippen LogP contribution in [0.3, 0.4) is 0 Å². The Labute approximate surface area is 108 Å². The molecule has 9 heteroatoms. The van der Waals surface area contributed by atoms with Gasteiger partial charge >= 0.3 is 5.69 Å². The summed E-state index contributed by atoms with van der Waals surface area (Å²) in [6, 6.07) is 0.0760. The molecule has 0 spiro atoms. The van der Waals surface area contributed by atoms with Gasteiger partial charge in [0.25, 0.3) is 0 Å². The molecule has 0 aliphatic carbocycles. The largest absolute Gasteiger partial charge is 0.306 e. The van der Waals surface area contributed by atoms with E-state index in [1.54, 1.807) is 13.8 Å². The summed E-state index contributed by atoms with van der Waals surface area (Å²) in [7, 11) is -4.27. The summed E-state index contributed by atoms with van der Waals surface area (Å²) >= 11 is 0.